The van der Waals surface area contributed by atoms with Crippen molar-refractivity contribution in [3.63, 3.8) is 0 Å². The average Bonchev–Trinajstić information content (AvgIpc) is 2.67. The van der Waals surface area contributed by atoms with Gasteiger partial charge in [-0.15, -0.1) is 0 Å². The number of nitrogens with zero attached hydrogens (tertiary/aromatic N) is 2. The van der Waals surface area contributed by atoms with Crippen molar-refractivity contribution in [3.8, 4) is 0 Å². The maximum atomic E-state index is 10.4. The zero-order valence-corrected chi connectivity index (χ0v) is 7.31. The van der Waals surface area contributed by atoms with Crippen LogP contribution in [0, 0.1) is 5.92 Å². The van der Waals surface area contributed by atoms with Gasteiger partial charge in [-0.05, 0) is 18.6 Å². The van der Waals surface area contributed by atoms with Crippen molar-refractivity contribution in [1.82, 2.24) is 4.98 Å². The Morgan fingerprint density at radius 1 is 1.62 bits per heavy atom. The summed E-state index contributed by atoms with van der Waals surface area (Å²) < 4.78 is 0. The molecule has 1 saturated heterocycles. The smallest absolute Gasteiger partial charge is 0.203 e. The fraction of sp³-hybridized carbons (Fsp3) is 0.400. The predicted octanol–water partition coefficient (Wildman–Crippen LogP) is 1.02. The lowest BCUT2D eigenvalue weighted by Crippen LogP contribution is -2.19. The minimum atomic E-state index is 0.0835. The summed E-state index contributed by atoms with van der Waals surface area (Å²) in [6.07, 6.45) is 6.55. The number of pyridine rings is 1. The summed E-state index contributed by atoms with van der Waals surface area (Å²) in [5, 5.41) is 0. The van der Waals surface area contributed by atoms with Crippen molar-refractivity contribution in [2.75, 3.05) is 18.0 Å². The summed E-state index contributed by atoms with van der Waals surface area (Å²) in [6, 6.07) is 3.92. The highest BCUT2D eigenvalue weighted by Crippen LogP contribution is 2.21. The first kappa shape index (κ1) is 8.23. The number of anilines is 1. The fourth-order valence-corrected chi connectivity index (χ4v) is 1.63. The van der Waals surface area contributed by atoms with E-state index in [-0.39, 0.29) is 5.92 Å². The Morgan fingerprint density at radius 3 is 3.15 bits per heavy atom. The molecule has 0 bridgehead atoms. The van der Waals surface area contributed by atoms with Gasteiger partial charge in [-0.2, -0.15) is 0 Å². The fourth-order valence-electron chi connectivity index (χ4n) is 1.63. The van der Waals surface area contributed by atoms with E-state index in [1.54, 1.807) is 6.20 Å². The van der Waals surface area contributed by atoms with Crippen LogP contribution >= 0.6 is 0 Å². The minimum absolute atomic E-state index is 0.0835. The second-order valence-corrected chi connectivity index (χ2v) is 3.26. The van der Waals surface area contributed by atoms with E-state index in [0.717, 1.165) is 25.2 Å². The summed E-state index contributed by atoms with van der Waals surface area (Å²) in [6.45, 7) is 1.72. The normalized spacial score (nSPS) is 21.8. The zero-order valence-electron chi connectivity index (χ0n) is 7.31. The molecule has 1 radical (unpaired) electrons. The van der Waals surface area contributed by atoms with Gasteiger partial charge in [0.05, 0.1) is 11.9 Å². The number of carbonyl (C=O) groups excluding carboxylic acids is 1. The van der Waals surface area contributed by atoms with Gasteiger partial charge in [0.15, 0.2) is 0 Å². The molecule has 1 aliphatic heterocycles. The highest BCUT2D eigenvalue weighted by atomic mass is 16.1. The number of hydrogen-bond acceptors (Lipinski definition) is 3. The lowest BCUT2D eigenvalue weighted by atomic mass is 10.1. The van der Waals surface area contributed by atoms with Crippen molar-refractivity contribution in [3.05, 3.63) is 24.5 Å². The third-order valence-corrected chi connectivity index (χ3v) is 2.37. The van der Waals surface area contributed by atoms with E-state index in [2.05, 4.69) is 16.2 Å². The lowest BCUT2D eigenvalue weighted by Gasteiger charge is -2.16. The molecule has 0 aliphatic carbocycles. The third kappa shape index (κ3) is 1.69. The van der Waals surface area contributed by atoms with E-state index in [1.165, 1.54) is 0 Å². The van der Waals surface area contributed by atoms with E-state index in [0.29, 0.717) is 0 Å². The summed E-state index contributed by atoms with van der Waals surface area (Å²) in [5.41, 5.74) is 1.10. The van der Waals surface area contributed by atoms with Crippen LogP contribution in [0.2, 0.25) is 0 Å². The molecular formula is C10H11N2O. The molecule has 1 aromatic rings. The van der Waals surface area contributed by atoms with Gasteiger partial charge in [0.25, 0.3) is 0 Å². The molecule has 0 amide bonds. The number of hydrogen-bond donors (Lipinski definition) is 0. The Hall–Kier alpha value is -1.38. The van der Waals surface area contributed by atoms with Gasteiger partial charge in [-0.1, -0.05) is 0 Å². The second-order valence-electron chi connectivity index (χ2n) is 3.26. The summed E-state index contributed by atoms with van der Waals surface area (Å²) in [5.74, 6) is 0.0835. The van der Waals surface area contributed by atoms with Crippen molar-refractivity contribution in [1.29, 1.82) is 0 Å². The molecule has 2 rings (SSSR count). The first-order chi connectivity index (χ1) is 6.40. The number of aromatic nitrogens is 1. The van der Waals surface area contributed by atoms with Crippen LogP contribution in [0.5, 0.6) is 0 Å². The Bertz CT molecular complexity index is 286. The molecule has 0 saturated carbocycles. The highest BCUT2D eigenvalue weighted by molar-refractivity contribution is 5.58. The first-order valence-electron chi connectivity index (χ1n) is 4.43. The van der Waals surface area contributed by atoms with E-state index in [9.17, 15) is 4.79 Å². The van der Waals surface area contributed by atoms with Crippen molar-refractivity contribution in [2.45, 2.75) is 6.42 Å². The Labute approximate surface area is 77.4 Å². The van der Waals surface area contributed by atoms with Crippen LogP contribution in [0.1, 0.15) is 6.42 Å². The van der Waals surface area contributed by atoms with E-state index in [1.807, 2.05) is 18.3 Å². The largest absolute Gasteiger partial charge is 0.370 e. The van der Waals surface area contributed by atoms with Gasteiger partial charge in [0, 0.05) is 25.2 Å². The highest BCUT2D eigenvalue weighted by Gasteiger charge is 2.22. The van der Waals surface area contributed by atoms with Gasteiger partial charge < -0.3 is 4.90 Å². The van der Waals surface area contributed by atoms with Crippen molar-refractivity contribution < 1.29 is 4.79 Å². The maximum absolute atomic E-state index is 10.4. The standard InChI is InChI=1S/C10H11N2O/c13-8-9-3-5-12(7-9)10-2-1-4-11-6-10/h1-2,4,6,9H,3,5,7H2. The van der Waals surface area contributed by atoms with Crippen LogP contribution in [-0.4, -0.2) is 24.4 Å². The van der Waals surface area contributed by atoms with Gasteiger partial charge >= 0.3 is 0 Å². The molecule has 0 N–H and O–H groups in total. The van der Waals surface area contributed by atoms with Crippen LogP contribution in [0.25, 0.3) is 0 Å². The molecule has 1 fully saturated rings. The minimum Gasteiger partial charge on any atom is -0.370 e. The van der Waals surface area contributed by atoms with Gasteiger partial charge in [-0.3, -0.25) is 9.78 Å². The van der Waals surface area contributed by atoms with Gasteiger partial charge in [0.2, 0.25) is 6.29 Å². The second kappa shape index (κ2) is 3.56. The summed E-state index contributed by atoms with van der Waals surface area (Å²) >= 11 is 0. The molecule has 13 heavy (non-hydrogen) atoms. The quantitative estimate of drug-likeness (QED) is 0.672. The van der Waals surface area contributed by atoms with Gasteiger partial charge in [0.1, 0.15) is 0 Å². The molecule has 3 nitrogen and oxygen atoms in total. The Balaban J connectivity index is 2.08. The third-order valence-electron chi connectivity index (χ3n) is 2.37. The number of rotatable bonds is 2. The van der Waals surface area contributed by atoms with Crippen LogP contribution in [-0.2, 0) is 4.79 Å². The molecule has 1 unspecified atom stereocenters. The van der Waals surface area contributed by atoms with Crippen LogP contribution in [0.4, 0.5) is 5.69 Å². The van der Waals surface area contributed by atoms with E-state index in [4.69, 9.17) is 0 Å². The van der Waals surface area contributed by atoms with Crippen LogP contribution in [0.3, 0.4) is 0 Å². The van der Waals surface area contributed by atoms with E-state index >= 15 is 0 Å². The Morgan fingerprint density at radius 2 is 2.54 bits per heavy atom. The molecule has 2 heterocycles. The monoisotopic (exact) mass is 175 g/mol. The zero-order chi connectivity index (χ0) is 9.10. The topological polar surface area (TPSA) is 33.2 Å². The van der Waals surface area contributed by atoms with E-state index < -0.39 is 0 Å². The molecule has 67 valence electrons. The van der Waals surface area contributed by atoms with Crippen LogP contribution in [0.15, 0.2) is 24.5 Å². The van der Waals surface area contributed by atoms with Crippen LogP contribution < -0.4 is 4.90 Å². The summed E-state index contributed by atoms with van der Waals surface area (Å²) in [7, 11) is 0. The Kier molecular flexibility index (Phi) is 2.25. The molecule has 1 atom stereocenters. The van der Waals surface area contributed by atoms with Crippen molar-refractivity contribution >= 4 is 12.0 Å². The molecule has 1 aliphatic rings. The molecule has 3 heteroatoms. The lowest BCUT2D eigenvalue weighted by molar-refractivity contribution is 0.530. The first-order valence-corrected chi connectivity index (χ1v) is 4.43. The van der Waals surface area contributed by atoms with Gasteiger partial charge in [-0.25, -0.2) is 0 Å². The van der Waals surface area contributed by atoms with Crippen molar-refractivity contribution in [2.24, 2.45) is 5.92 Å². The maximum Gasteiger partial charge on any atom is 0.203 e. The molecular weight excluding hydrogens is 164 g/mol. The molecule has 1 aromatic heterocycles. The molecule has 0 aromatic carbocycles. The average molecular weight is 175 g/mol. The SMILES string of the molecule is O=[C]C1CCN(c2cccnc2)C1. The predicted molar refractivity (Wildman–Crippen MR) is 50.3 cm³/mol. The summed E-state index contributed by atoms with van der Waals surface area (Å²) in [4.78, 5) is 16.6. The molecule has 0 spiro atoms.